The van der Waals surface area contributed by atoms with Crippen LogP contribution in [0, 0.1) is 0 Å². The Morgan fingerprint density at radius 2 is 1.80 bits per heavy atom. The zero-order valence-corrected chi connectivity index (χ0v) is 11.0. The first-order valence-corrected chi connectivity index (χ1v) is 6.36. The third-order valence-corrected chi connectivity index (χ3v) is 3.54. The van der Waals surface area contributed by atoms with E-state index in [2.05, 4.69) is 39.5 Å². The highest BCUT2D eigenvalue weighted by molar-refractivity contribution is 4.77. The Hall–Kier alpha value is -0.0800. The maximum absolute atomic E-state index is 6.13. The molecule has 0 unspecified atom stereocenters. The van der Waals surface area contributed by atoms with Crippen LogP contribution < -0.4 is 0 Å². The second-order valence-corrected chi connectivity index (χ2v) is 5.56. The number of hydrogen-bond acceptors (Lipinski definition) is 2. The molecule has 0 aromatic carbocycles. The van der Waals surface area contributed by atoms with Crippen molar-refractivity contribution in [3.8, 4) is 0 Å². The zero-order valence-electron chi connectivity index (χ0n) is 11.0. The normalized spacial score (nSPS) is 21.2. The highest BCUT2D eigenvalue weighted by Gasteiger charge is 2.26. The third kappa shape index (κ3) is 4.12. The summed E-state index contributed by atoms with van der Waals surface area (Å²) in [6.45, 7) is 13.5. The summed E-state index contributed by atoms with van der Waals surface area (Å²) in [6, 6.07) is 0.685. The van der Waals surface area contributed by atoms with Gasteiger partial charge in [0, 0.05) is 19.1 Å². The van der Waals surface area contributed by atoms with Gasteiger partial charge in [-0.15, -0.1) is 0 Å². The fraction of sp³-hybridized carbons (Fsp3) is 1.00. The van der Waals surface area contributed by atoms with Crippen molar-refractivity contribution in [2.75, 3.05) is 13.1 Å². The van der Waals surface area contributed by atoms with Crippen molar-refractivity contribution >= 4 is 0 Å². The van der Waals surface area contributed by atoms with Gasteiger partial charge in [-0.05, 0) is 47.0 Å². The van der Waals surface area contributed by atoms with Crippen molar-refractivity contribution in [2.24, 2.45) is 0 Å². The van der Waals surface area contributed by atoms with E-state index in [4.69, 9.17) is 4.74 Å². The van der Waals surface area contributed by atoms with Gasteiger partial charge in [0.25, 0.3) is 0 Å². The average molecular weight is 213 g/mol. The molecule has 0 saturated carbocycles. The summed E-state index contributed by atoms with van der Waals surface area (Å²) in [5.41, 5.74) is 0.0602. The van der Waals surface area contributed by atoms with Crippen LogP contribution in [0.4, 0.5) is 0 Å². The van der Waals surface area contributed by atoms with Crippen molar-refractivity contribution in [3.63, 3.8) is 0 Å². The second-order valence-electron chi connectivity index (χ2n) is 5.56. The fourth-order valence-corrected chi connectivity index (χ4v) is 2.04. The molecule has 0 aliphatic carbocycles. The predicted octanol–water partition coefficient (Wildman–Crippen LogP) is 3.06. The van der Waals surface area contributed by atoms with Crippen LogP contribution in [-0.2, 0) is 4.74 Å². The number of likely N-dealkylation sites (tertiary alicyclic amines) is 1. The van der Waals surface area contributed by atoms with Crippen LogP contribution in [0.5, 0.6) is 0 Å². The Balaban J connectivity index is 2.32. The van der Waals surface area contributed by atoms with E-state index in [1.165, 1.54) is 25.9 Å². The molecule has 2 heteroatoms. The summed E-state index contributed by atoms with van der Waals surface area (Å²) in [5.74, 6) is 0. The second kappa shape index (κ2) is 5.31. The van der Waals surface area contributed by atoms with E-state index >= 15 is 0 Å². The van der Waals surface area contributed by atoms with Gasteiger partial charge in [-0.3, -0.25) is 0 Å². The highest BCUT2D eigenvalue weighted by Crippen LogP contribution is 2.23. The Kier molecular flexibility index (Phi) is 4.60. The van der Waals surface area contributed by atoms with Crippen LogP contribution in [0.15, 0.2) is 0 Å². The van der Waals surface area contributed by atoms with E-state index in [0.717, 1.165) is 6.42 Å². The predicted molar refractivity (Wildman–Crippen MR) is 65.2 cm³/mol. The van der Waals surface area contributed by atoms with Crippen LogP contribution in [-0.4, -0.2) is 35.7 Å². The first-order chi connectivity index (χ1) is 6.94. The minimum atomic E-state index is 0.0602. The van der Waals surface area contributed by atoms with Gasteiger partial charge >= 0.3 is 0 Å². The Bertz CT molecular complexity index is 181. The summed E-state index contributed by atoms with van der Waals surface area (Å²) >= 11 is 0. The van der Waals surface area contributed by atoms with Gasteiger partial charge < -0.3 is 9.64 Å². The molecule has 0 radical (unpaired) electrons. The molecule has 1 heterocycles. The topological polar surface area (TPSA) is 12.5 Å². The van der Waals surface area contributed by atoms with Gasteiger partial charge in [0.15, 0.2) is 0 Å². The van der Waals surface area contributed by atoms with Crippen molar-refractivity contribution in [3.05, 3.63) is 0 Å². The summed E-state index contributed by atoms with van der Waals surface area (Å²) < 4.78 is 6.13. The van der Waals surface area contributed by atoms with Gasteiger partial charge in [-0.2, -0.15) is 0 Å². The summed E-state index contributed by atoms with van der Waals surface area (Å²) in [6.07, 6.45) is 3.97. The number of hydrogen-bond donors (Lipinski definition) is 0. The third-order valence-electron chi connectivity index (χ3n) is 3.54. The molecule has 1 aliphatic rings. The van der Waals surface area contributed by atoms with Crippen LogP contribution >= 0.6 is 0 Å². The van der Waals surface area contributed by atoms with Crippen LogP contribution in [0.2, 0.25) is 0 Å². The maximum Gasteiger partial charge on any atom is 0.0627 e. The van der Waals surface area contributed by atoms with Gasteiger partial charge in [0.2, 0.25) is 0 Å². The van der Waals surface area contributed by atoms with Crippen molar-refractivity contribution in [2.45, 2.75) is 71.6 Å². The van der Waals surface area contributed by atoms with Crippen LogP contribution in [0.1, 0.15) is 53.9 Å². The minimum absolute atomic E-state index is 0.0602. The smallest absolute Gasteiger partial charge is 0.0627 e. The molecule has 2 nitrogen and oxygen atoms in total. The molecule has 15 heavy (non-hydrogen) atoms. The zero-order chi connectivity index (χ0) is 11.5. The van der Waals surface area contributed by atoms with Gasteiger partial charge in [-0.25, -0.2) is 0 Å². The number of piperidine rings is 1. The Morgan fingerprint density at radius 3 is 2.20 bits per heavy atom. The monoisotopic (exact) mass is 213 g/mol. The number of rotatable bonds is 4. The molecular weight excluding hydrogens is 186 g/mol. The summed E-state index contributed by atoms with van der Waals surface area (Å²) in [5, 5.41) is 0. The molecule has 90 valence electrons. The van der Waals surface area contributed by atoms with Gasteiger partial charge in [-0.1, -0.05) is 6.92 Å². The molecule has 1 rings (SSSR count). The van der Waals surface area contributed by atoms with E-state index in [1.807, 2.05) is 0 Å². The molecule has 1 aliphatic heterocycles. The van der Waals surface area contributed by atoms with Gasteiger partial charge in [0.05, 0.1) is 11.7 Å². The summed E-state index contributed by atoms with van der Waals surface area (Å²) in [7, 11) is 0. The highest BCUT2D eigenvalue weighted by atomic mass is 16.5. The first kappa shape index (κ1) is 13.0. The molecule has 0 bridgehead atoms. The first-order valence-electron chi connectivity index (χ1n) is 6.36. The number of nitrogens with zero attached hydrogens (tertiary/aromatic N) is 1. The molecule has 0 amide bonds. The van der Waals surface area contributed by atoms with E-state index in [-0.39, 0.29) is 5.60 Å². The van der Waals surface area contributed by atoms with Crippen molar-refractivity contribution in [1.29, 1.82) is 0 Å². The summed E-state index contributed by atoms with van der Waals surface area (Å²) in [4.78, 5) is 2.54. The number of ether oxygens (including phenoxy) is 1. The quantitative estimate of drug-likeness (QED) is 0.711. The largest absolute Gasteiger partial charge is 0.372 e. The molecular formula is C13H27NO. The SMILES string of the molecule is CCC(C)(C)OC1CCN(C(C)C)CC1. The lowest BCUT2D eigenvalue weighted by atomic mass is 10.0. The average Bonchev–Trinajstić information content (AvgIpc) is 2.18. The maximum atomic E-state index is 6.13. The van der Waals surface area contributed by atoms with Crippen LogP contribution in [0.25, 0.3) is 0 Å². The molecule has 0 aromatic heterocycles. The van der Waals surface area contributed by atoms with Crippen LogP contribution in [0.3, 0.4) is 0 Å². The Labute approximate surface area is 95.0 Å². The lowest BCUT2D eigenvalue weighted by molar-refractivity contribution is -0.0956. The lowest BCUT2D eigenvalue weighted by Crippen LogP contribution is -2.43. The fourth-order valence-electron chi connectivity index (χ4n) is 2.04. The molecule has 0 spiro atoms. The van der Waals surface area contributed by atoms with Crippen molar-refractivity contribution < 1.29 is 4.74 Å². The molecule has 0 N–H and O–H groups in total. The molecule has 0 atom stereocenters. The molecule has 1 saturated heterocycles. The molecule has 1 fully saturated rings. The van der Waals surface area contributed by atoms with E-state index in [1.54, 1.807) is 0 Å². The standard InChI is InChI=1S/C13H27NO/c1-6-13(4,5)15-12-7-9-14(10-8-12)11(2)3/h11-12H,6-10H2,1-5H3. The lowest BCUT2D eigenvalue weighted by Gasteiger charge is -2.38. The van der Waals surface area contributed by atoms with E-state index < -0.39 is 0 Å². The van der Waals surface area contributed by atoms with Crippen molar-refractivity contribution in [1.82, 2.24) is 4.90 Å². The Morgan fingerprint density at radius 1 is 1.27 bits per heavy atom. The van der Waals surface area contributed by atoms with E-state index in [0.29, 0.717) is 12.1 Å². The van der Waals surface area contributed by atoms with Gasteiger partial charge in [0.1, 0.15) is 0 Å². The van der Waals surface area contributed by atoms with E-state index in [9.17, 15) is 0 Å². The molecule has 0 aromatic rings. The minimum Gasteiger partial charge on any atom is -0.372 e.